The highest BCUT2D eigenvalue weighted by atomic mass is 79.9. The fraction of sp³-hybridized carbons (Fsp3) is 0.571. The average Bonchev–Trinajstić information content (AvgIpc) is 2.61. The van der Waals surface area contributed by atoms with Crippen LogP contribution in [0.1, 0.15) is 24.7 Å². The summed E-state index contributed by atoms with van der Waals surface area (Å²) >= 11 is 6.72. The minimum Gasteiger partial charge on any atom is -0.334 e. The first-order valence-electron chi connectivity index (χ1n) is 3.91. The zero-order valence-electron chi connectivity index (χ0n) is 6.40. The molecule has 0 bridgehead atoms. The van der Waals surface area contributed by atoms with Gasteiger partial charge >= 0.3 is 0 Å². The summed E-state index contributed by atoms with van der Waals surface area (Å²) in [5.74, 6) is 1.02. The van der Waals surface area contributed by atoms with Crippen LogP contribution in [0.15, 0.2) is 9.21 Å². The Hall–Kier alpha value is 0.130. The molecule has 2 N–H and O–H groups in total. The van der Waals surface area contributed by atoms with Crippen molar-refractivity contribution in [3.63, 3.8) is 0 Å². The maximum Gasteiger partial charge on any atom is 0.138 e. The first-order chi connectivity index (χ1) is 5.77. The number of nitrogens with one attached hydrogen (secondary N) is 2. The molecule has 1 saturated heterocycles. The maximum atomic E-state index is 4.34. The van der Waals surface area contributed by atoms with Gasteiger partial charge in [0.2, 0.25) is 0 Å². The number of H-pyrrole nitrogens is 1. The van der Waals surface area contributed by atoms with Gasteiger partial charge in [-0.15, -0.1) is 0 Å². The number of aromatic amines is 1. The van der Waals surface area contributed by atoms with Crippen LogP contribution in [0.25, 0.3) is 0 Å². The van der Waals surface area contributed by atoms with Crippen LogP contribution in [-0.4, -0.2) is 16.5 Å². The lowest BCUT2D eigenvalue weighted by Crippen LogP contribution is -2.14. The van der Waals surface area contributed by atoms with Gasteiger partial charge in [-0.3, -0.25) is 0 Å². The summed E-state index contributed by atoms with van der Waals surface area (Å²) in [7, 11) is 0. The molecule has 0 aliphatic carbocycles. The van der Waals surface area contributed by atoms with E-state index in [1.54, 1.807) is 0 Å². The lowest BCUT2D eigenvalue weighted by molar-refractivity contribution is 0.611. The van der Waals surface area contributed by atoms with Crippen LogP contribution in [0.3, 0.4) is 0 Å². The molecule has 1 atom stereocenters. The van der Waals surface area contributed by atoms with Gasteiger partial charge in [0.1, 0.15) is 15.0 Å². The van der Waals surface area contributed by atoms with E-state index in [1.807, 2.05) is 0 Å². The van der Waals surface area contributed by atoms with Crippen LogP contribution >= 0.6 is 31.9 Å². The lowest BCUT2D eigenvalue weighted by Gasteiger charge is -2.04. The van der Waals surface area contributed by atoms with Gasteiger partial charge in [0.25, 0.3) is 0 Å². The zero-order chi connectivity index (χ0) is 8.55. The van der Waals surface area contributed by atoms with Crippen LogP contribution in [0.2, 0.25) is 0 Å². The standard InChI is InChI=1S/C7H9Br2N3/c8-5-6(9)12-7(11-5)4-2-1-3-10-4/h4,10H,1-3H2,(H,11,12). The van der Waals surface area contributed by atoms with Gasteiger partial charge < -0.3 is 10.3 Å². The molecule has 1 unspecified atom stereocenters. The Morgan fingerprint density at radius 1 is 1.42 bits per heavy atom. The molecule has 1 fully saturated rings. The summed E-state index contributed by atoms with van der Waals surface area (Å²) in [4.78, 5) is 7.53. The summed E-state index contributed by atoms with van der Waals surface area (Å²) in [6.45, 7) is 1.10. The number of hydrogen-bond acceptors (Lipinski definition) is 2. The lowest BCUT2D eigenvalue weighted by atomic mass is 10.2. The van der Waals surface area contributed by atoms with E-state index >= 15 is 0 Å². The van der Waals surface area contributed by atoms with Crippen LogP contribution in [-0.2, 0) is 0 Å². The topological polar surface area (TPSA) is 40.7 Å². The van der Waals surface area contributed by atoms with Gasteiger partial charge in [0, 0.05) is 0 Å². The minimum atomic E-state index is 0.410. The highest BCUT2D eigenvalue weighted by molar-refractivity contribution is 9.13. The SMILES string of the molecule is Brc1nc(C2CCCN2)[nH]c1Br. The Balaban J connectivity index is 2.21. The summed E-state index contributed by atoms with van der Waals surface area (Å²) in [6.07, 6.45) is 2.41. The normalized spacial score (nSPS) is 23.3. The van der Waals surface area contributed by atoms with Crippen LogP contribution < -0.4 is 5.32 Å². The molecule has 0 aromatic carbocycles. The predicted molar refractivity (Wildman–Crippen MR) is 54.0 cm³/mol. The number of rotatable bonds is 1. The van der Waals surface area contributed by atoms with Crippen molar-refractivity contribution < 1.29 is 0 Å². The Morgan fingerprint density at radius 3 is 2.75 bits per heavy atom. The first kappa shape index (κ1) is 8.72. The van der Waals surface area contributed by atoms with Gasteiger partial charge in [0.05, 0.1) is 6.04 Å². The molecule has 5 heteroatoms. The predicted octanol–water partition coefficient (Wildman–Crippen LogP) is 2.36. The third-order valence-corrected chi connectivity index (χ3v) is 3.71. The smallest absolute Gasteiger partial charge is 0.138 e. The molecule has 0 radical (unpaired) electrons. The molecule has 0 amide bonds. The largest absolute Gasteiger partial charge is 0.334 e. The highest BCUT2D eigenvalue weighted by Crippen LogP contribution is 2.26. The van der Waals surface area contributed by atoms with E-state index in [4.69, 9.17) is 0 Å². The Morgan fingerprint density at radius 2 is 2.25 bits per heavy atom. The summed E-state index contributed by atoms with van der Waals surface area (Å²) < 4.78 is 1.78. The number of imidazole rings is 1. The fourth-order valence-corrected chi connectivity index (χ4v) is 2.01. The molecule has 2 rings (SSSR count). The van der Waals surface area contributed by atoms with Crippen molar-refractivity contribution >= 4 is 31.9 Å². The summed E-state index contributed by atoms with van der Waals surface area (Å²) in [6, 6.07) is 0.410. The summed E-state index contributed by atoms with van der Waals surface area (Å²) in [5.41, 5.74) is 0. The van der Waals surface area contributed by atoms with E-state index in [9.17, 15) is 0 Å². The second-order valence-electron chi connectivity index (χ2n) is 2.88. The van der Waals surface area contributed by atoms with Crippen LogP contribution in [0, 0.1) is 0 Å². The molecule has 3 nitrogen and oxygen atoms in total. The van der Waals surface area contributed by atoms with Gasteiger partial charge in [-0.05, 0) is 51.2 Å². The third-order valence-electron chi connectivity index (χ3n) is 2.03. The van der Waals surface area contributed by atoms with Gasteiger partial charge in [0.15, 0.2) is 0 Å². The monoisotopic (exact) mass is 293 g/mol. The van der Waals surface area contributed by atoms with E-state index < -0.39 is 0 Å². The van der Waals surface area contributed by atoms with E-state index in [2.05, 4.69) is 47.1 Å². The van der Waals surface area contributed by atoms with Crippen molar-refractivity contribution in [3.8, 4) is 0 Å². The number of nitrogens with zero attached hydrogens (tertiary/aromatic N) is 1. The molecule has 12 heavy (non-hydrogen) atoms. The van der Waals surface area contributed by atoms with Crippen molar-refractivity contribution in [2.45, 2.75) is 18.9 Å². The molecular weight excluding hydrogens is 286 g/mol. The van der Waals surface area contributed by atoms with E-state index in [1.165, 1.54) is 12.8 Å². The van der Waals surface area contributed by atoms with Crippen molar-refractivity contribution in [2.24, 2.45) is 0 Å². The van der Waals surface area contributed by atoms with Crippen molar-refractivity contribution in [1.29, 1.82) is 0 Å². The van der Waals surface area contributed by atoms with Gasteiger partial charge in [-0.1, -0.05) is 0 Å². The molecule has 0 saturated carbocycles. The molecule has 2 heterocycles. The Bertz CT molecular complexity index is 259. The van der Waals surface area contributed by atoms with Crippen molar-refractivity contribution in [2.75, 3.05) is 6.54 Å². The molecular formula is C7H9Br2N3. The Kier molecular flexibility index (Phi) is 2.52. The molecule has 0 spiro atoms. The molecule has 66 valence electrons. The quantitative estimate of drug-likeness (QED) is 0.835. The number of hydrogen-bond donors (Lipinski definition) is 2. The fourth-order valence-electron chi connectivity index (χ4n) is 1.43. The minimum absolute atomic E-state index is 0.410. The van der Waals surface area contributed by atoms with Gasteiger partial charge in [-0.25, -0.2) is 4.98 Å². The van der Waals surface area contributed by atoms with Crippen molar-refractivity contribution in [3.05, 3.63) is 15.0 Å². The molecule has 1 aromatic rings. The third kappa shape index (κ3) is 1.58. The van der Waals surface area contributed by atoms with Crippen LogP contribution in [0.4, 0.5) is 0 Å². The number of aromatic nitrogens is 2. The molecule has 1 aliphatic rings. The zero-order valence-corrected chi connectivity index (χ0v) is 9.57. The maximum absolute atomic E-state index is 4.34. The van der Waals surface area contributed by atoms with E-state index in [-0.39, 0.29) is 0 Å². The second-order valence-corrected chi connectivity index (χ2v) is 4.42. The molecule has 1 aliphatic heterocycles. The average molecular weight is 295 g/mol. The molecule has 1 aromatic heterocycles. The first-order valence-corrected chi connectivity index (χ1v) is 5.50. The van der Waals surface area contributed by atoms with Crippen LogP contribution in [0.5, 0.6) is 0 Å². The number of halogens is 2. The highest BCUT2D eigenvalue weighted by Gasteiger charge is 2.19. The van der Waals surface area contributed by atoms with E-state index in [0.717, 1.165) is 21.6 Å². The Labute approximate surface area is 87.6 Å². The summed E-state index contributed by atoms with van der Waals surface area (Å²) in [5, 5.41) is 3.38. The second kappa shape index (κ2) is 3.47. The van der Waals surface area contributed by atoms with Gasteiger partial charge in [-0.2, -0.15) is 0 Å². The van der Waals surface area contributed by atoms with E-state index in [0.29, 0.717) is 6.04 Å². The van der Waals surface area contributed by atoms with Crippen molar-refractivity contribution in [1.82, 2.24) is 15.3 Å².